The number of hydrogen-bond donors (Lipinski definition) is 1. The molecule has 2 saturated heterocycles. The fourth-order valence-electron chi connectivity index (χ4n) is 6.71. The Morgan fingerprint density at radius 2 is 1.42 bits per heavy atom. The van der Waals surface area contributed by atoms with E-state index in [2.05, 4.69) is 93.6 Å². The molecular weight excluding hydrogens is 446 g/mol. The molecule has 2 bridgehead atoms. The van der Waals surface area contributed by atoms with Crippen molar-refractivity contribution in [2.45, 2.75) is 75.5 Å². The largest absolute Gasteiger partial charge is 0.448 e. The first-order valence-electron chi connectivity index (χ1n) is 13.2. The van der Waals surface area contributed by atoms with Crippen LogP contribution in [0.15, 0.2) is 72.8 Å². The zero-order chi connectivity index (χ0) is 25.1. The second kappa shape index (κ2) is 8.48. The summed E-state index contributed by atoms with van der Waals surface area (Å²) in [6, 6.07) is 25.2. The van der Waals surface area contributed by atoms with Crippen LogP contribution in [0.3, 0.4) is 0 Å². The third-order valence-corrected chi connectivity index (χ3v) is 8.60. The van der Waals surface area contributed by atoms with Crippen LogP contribution in [0.1, 0.15) is 74.6 Å². The third kappa shape index (κ3) is 3.83. The second-order valence-corrected chi connectivity index (χ2v) is 11.9. The van der Waals surface area contributed by atoms with Gasteiger partial charge >= 0.3 is 6.09 Å². The van der Waals surface area contributed by atoms with Crippen molar-refractivity contribution in [1.82, 2.24) is 4.90 Å². The number of ether oxygens (including phenoxy) is 1. The van der Waals surface area contributed by atoms with Gasteiger partial charge in [0.2, 0.25) is 0 Å². The molecule has 1 N–H and O–H groups in total. The van der Waals surface area contributed by atoms with E-state index in [0.717, 1.165) is 18.4 Å². The van der Waals surface area contributed by atoms with Crippen LogP contribution in [0.4, 0.5) is 4.79 Å². The van der Waals surface area contributed by atoms with Crippen molar-refractivity contribution in [1.29, 1.82) is 0 Å². The van der Waals surface area contributed by atoms with Gasteiger partial charge in [0.25, 0.3) is 0 Å². The molecule has 1 amide bonds. The Hall–Kier alpha value is -3.11. The lowest BCUT2D eigenvalue weighted by Crippen LogP contribution is -2.52. The maximum absolute atomic E-state index is 13.4. The van der Waals surface area contributed by atoms with Gasteiger partial charge in [-0.05, 0) is 51.6 Å². The summed E-state index contributed by atoms with van der Waals surface area (Å²) >= 11 is 0. The van der Waals surface area contributed by atoms with Crippen LogP contribution in [0.25, 0.3) is 11.1 Å². The summed E-state index contributed by atoms with van der Waals surface area (Å²) in [5.41, 5.74) is 6.30. The van der Waals surface area contributed by atoms with Gasteiger partial charge < -0.3 is 14.7 Å². The Labute approximate surface area is 213 Å². The quantitative estimate of drug-likeness (QED) is 0.450. The minimum Gasteiger partial charge on any atom is -0.448 e. The van der Waals surface area contributed by atoms with Crippen molar-refractivity contribution in [2.24, 2.45) is 0 Å². The van der Waals surface area contributed by atoms with Crippen molar-refractivity contribution in [2.75, 3.05) is 6.61 Å². The number of fused-ring (bicyclic) bond motifs is 5. The van der Waals surface area contributed by atoms with Gasteiger partial charge in [0, 0.05) is 30.8 Å². The molecule has 3 aromatic carbocycles. The molecule has 0 aromatic heterocycles. The molecule has 4 heteroatoms. The Balaban J connectivity index is 1.16. The molecule has 2 fully saturated rings. The number of aliphatic hydroxyl groups is 1. The van der Waals surface area contributed by atoms with Crippen molar-refractivity contribution in [3.63, 3.8) is 0 Å². The van der Waals surface area contributed by atoms with Gasteiger partial charge in [-0.2, -0.15) is 0 Å². The Morgan fingerprint density at radius 3 is 1.94 bits per heavy atom. The number of nitrogens with zero attached hydrogens (tertiary/aromatic N) is 1. The van der Waals surface area contributed by atoms with Crippen LogP contribution in [0.2, 0.25) is 0 Å². The van der Waals surface area contributed by atoms with Crippen molar-refractivity contribution in [3.05, 3.63) is 95.1 Å². The minimum absolute atomic E-state index is 0.00620. The number of amides is 1. The fourth-order valence-corrected chi connectivity index (χ4v) is 6.71. The van der Waals surface area contributed by atoms with Gasteiger partial charge in [0.1, 0.15) is 6.61 Å². The normalized spacial score (nSPS) is 24.9. The first kappa shape index (κ1) is 23.3. The average Bonchev–Trinajstić information content (AvgIpc) is 3.34. The molecule has 0 radical (unpaired) electrons. The summed E-state index contributed by atoms with van der Waals surface area (Å²) in [4.78, 5) is 15.3. The molecule has 186 valence electrons. The maximum atomic E-state index is 13.4. The van der Waals surface area contributed by atoms with Gasteiger partial charge in [-0.25, -0.2) is 4.79 Å². The number of carbonyl (C=O) groups is 1. The number of carbonyl (C=O) groups excluding carboxylic acids is 1. The smallest absolute Gasteiger partial charge is 0.410 e. The molecule has 3 aromatic rings. The van der Waals surface area contributed by atoms with E-state index in [1.54, 1.807) is 0 Å². The molecule has 1 aliphatic carbocycles. The van der Waals surface area contributed by atoms with Crippen molar-refractivity contribution in [3.8, 4) is 11.1 Å². The van der Waals surface area contributed by atoms with Crippen LogP contribution in [0, 0.1) is 0 Å². The lowest BCUT2D eigenvalue weighted by atomic mass is 9.79. The third-order valence-electron chi connectivity index (χ3n) is 8.60. The minimum atomic E-state index is -0.900. The number of hydrogen-bond acceptors (Lipinski definition) is 3. The highest BCUT2D eigenvalue weighted by Crippen LogP contribution is 2.47. The number of benzene rings is 3. The van der Waals surface area contributed by atoms with Gasteiger partial charge in [0.15, 0.2) is 0 Å². The van der Waals surface area contributed by atoms with E-state index < -0.39 is 5.60 Å². The molecule has 3 aliphatic rings. The van der Waals surface area contributed by atoms with Gasteiger partial charge in [-0.3, -0.25) is 0 Å². The highest BCUT2D eigenvalue weighted by atomic mass is 16.6. The molecule has 2 heterocycles. The SMILES string of the molecule is CC(C)(C)c1ccc(C2(O)CC3CCC(C2)N3C(=O)OCC2c3ccccc3-c3ccccc32)cc1. The summed E-state index contributed by atoms with van der Waals surface area (Å²) in [7, 11) is 0. The van der Waals surface area contributed by atoms with Crippen LogP contribution in [0.5, 0.6) is 0 Å². The molecule has 2 atom stereocenters. The molecule has 36 heavy (non-hydrogen) atoms. The summed E-state index contributed by atoms with van der Waals surface area (Å²) < 4.78 is 5.99. The Kier molecular flexibility index (Phi) is 5.49. The molecular formula is C32H35NO3. The summed E-state index contributed by atoms with van der Waals surface area (Å²) in [6.45, 7) is 6.93. The van der Waals surface area contributed by atoms with E-state index in [1.165, 1.54) is 27.8 Å². The van der Waals surface area contributed by atoms with E-state index in [-0.39, 0.29) is 29.5 Å². The monoisotopic (exact) mass is 481 g/mol. The van der Waals surface area contributed by atoms with E-state index in [4.69, 9.17) is 4.74 Å². The zero-order valence-corrected chi connectivity index (χ0v) is 21.4. The molecule has 6 rings (SSSR count). The molecule has 2 unspecified atom stereocenters. The van der Waals surface area contributed by atoms with Gasteiger partial charge in [-0.15, -0.1) is 0 Å². The van der Waals surface area contributed by atoms with Gasteiger partial charge in [-0.1, -0.05) is 93.6 Å². The van der Waals surface area contributed by atoms with Crippen LogP contribution < -0.4 is 0 Å². The van der Waals surface area contributed by atoms with E-state index >= 15 is 0 Å². The van der Waals surface area contributed by atoms with E-state index in [0.29, 0.717) is 19.4 Å². The first-order chi connectivity index (χ1) is 17.2. The lowest BCUT2D eigenvalue weighted by Gasteiger charge is -2.43. The maximum Gasteiger partial charge on any atom is 0.410 e. The standard InChI is InChI=1S/C32H35NO3/c1-31(2,3)21-12-14-22(15-13-21)32(35)18-23-16-17-24(19-32)33(23)30(34)36-20-29-27-10-6-4-8-25(27)26-9-5-7-11-28(26)29/h4-15,23-24,29,35H,16-20H2,1-3H3. The highest BCUT2D eigenvalue weighted by Gasteiger charge is 2.50. The summed E-state index contributed by atoms with van der Waals surface area (Å²) in [5, 5.41) is 11.7. The van der Waals surface area contributed by atoms with Gasteiger partial charge in [0.05, 0.1) is 5.60 Å². The van der Waals surface area contributed by atoms with Crippen LogP contribution in [-0.2, 0) is 15.8 Å². The van der Waals surface area contributed by atoms with Crippen molar-refractivity contribution >= 4 is 6.09 Å². The number of piperidine rings is 1. The predicted octanol–water partition coefficient (Wildman–Crippen LogP) is 6.75. The Bertz CT molecular complexity index is 1230. The zero-order valence-electron chi connectivity index (χ0n) is 21.4. The number of rotatable bonds is 3. The predicted molar refractivity (Wildman–Crippen MR) is 142 cm³/mol. The molecule has 0 spiro atoms. The van der Waals surface area contributed by atoms with E-state index in [1.807, 2.05) is 4.90 Å². The average molecular weight is 482 g/mol. The highest BCUT2D eigenvalue weighted by molar-refractivity contribution is 5.79. The summed E-state index contributed by atoms with van der Waals surface area (Å²) in [6.07, 6.45) is 2.70. The van der Waals surface area contributed by atoms with E-state index in [9.17, 15) is 9.90 Å². The summed E-state index contributed by atoms with van der Waals surface area (Å²) in [5.74, 6) is 0.0575. The molecule has 2 aliphatic heterocycles. The van der Waals surface area contributed by atoms with Crippen LogP contribution >= 0.6 is 0 Å². The van der Waals surface area contributed by atoms with Crippen LogP contribution in [-0.4, -0.2) is 34.8 Å². The topological polar surface area (TPSA) is 49.8 Å². The lowest BCUT2D eigenvalue weighted by molar-refractivity contribution is -0.0531. The molecule has 4 nitrogen and oxygen atoms in total. The molecule has 0 saturated carbocycles. The Morgan fingerprint density at radius 1 is 0.889 bits per heavy atom. The van der Waals surface area contributed by atoms with Crippen molar-refractivity contribution < 1.29 is 14.6 Å². The second-order valence-electron chi connectivity index (χ2n) is 11.9. The first-order valence-corrected chi connectivity index (χ1v) is 13.2. The fraction of sp³-hybridized carbons (Fsp3) is 0.406.